The number of nitrogens with one attached hydrogen (secondary N) is 1. The number of ether oxygens (including phenoxy) is 1. The number of thioether (sulfide) groups is 1. The maximum absolute atomic E-state index is 12.5. The summed E-state index contributed by atoms with van der Waals surface area (Å²) in [6, 6.07) is 12.6. The zero-order chi connectivity index (χ0) is 18.7. The summed E-state index contributed by atoms with van der Waals surface area (Å²) < 4.78 is 4.80. The molecule has 7 heteroatoms. The van der Waals surface area contributed by atoms with E-state index in [4.69, 9.17) is 4.74 Å². The third-order valence-corrected chi connectivity index (χ3v) is 5.09. The fraction of sp³-hybridized carbons (Fsp3) is 0.211. The van der Waals surface area contributed by atoms with E-state index in [1.54, 1.807) is 25.1 Å². The van der Waals surface area contributed by atoms with Gasteiger partial charge < -0.3 is 15.0 Å². The van der Waals surface area contributed by atoms with Crippen LogP contribution in [0.25, 0.3) is 0 Å². The maximum atomic E-state index is 12.5. The Morgan fingerprint density at radius 3 is 2.73 bits per heavy atom. The number of hydrogen-bond donors (Lipinski definition) is 1. The molecule has 3 rings (SSSR count). The molecule has 0 saturated heterocycles. The first kappa shape index (κ1) is 18.0. The molecule has 1 heterocycles. The predicted molar refractivity (Wildman–Crippen MR) is 101 cm³/mol. The molecule has 0 aromatic heterocycles. The minimum atomic E-state index is -0.519. The standard InChI is InChI=1S/C19H18N2O4S/c1-12-6-5-7-13(18(12)19(24)25-2)20-16(22)10-21-14-8-3-4-9-15(14)26-11-17(21)23/h3-9H,10-11H2,1-2H3,(H,20,22). The van der Waals surface area contributed by atoms with Crippen molar-refractivity contribution in [1.29, 1.82) is 0 Å². The van der Waals surface area contributed by atoms with Gasteiger partial charge in [0.25, 0.3) is 0 Å². The number of nitrogens with zero attached hydrogens (tertiary/aromatic N) is 1. The van der Waals surface area contributed by atoms with Crippen molar-refractivity contribution >= 4 is 40.9 Å². The van der Waals surface area contributed by atoms with E-state index in [0.29, 0.717) is 22.6 Å². The highest BCUT2D eigenvalue weighted by atomic mass is 32.2. The number of hydrogen-bond acceptors (Lipinski definition) is 5. The molecule has 0 saturated carbocycles. The summed E-state index contributed by atoms with van der Waals surface area (Å²) in [5.41, 5.74) is 2.10. The van der Waals surface area contributed by atoms with Crippen LogP contribution in [0, 0.1) is 6.92 Å². The highest BCUT2D eigenvalue weighted by Gasteiger charge is 2.26. The topological polar surface area (TPSA) is 75.7 Å². The van der Waals surface area contributed by atoms with Crippen molar-refractivity contribution in [3.05, 3.63) is 53.6 Å². The Bertz CT molecular complexity index is 882. The number of anilines is 2. The van der Waals surface area contributed by atoms with Crippen LogP contribution in [0.5, 0.6) is 0 Å². The normalized spacial score (nSPS) is 13.2. The lowest BCUT2D eigenvalue weighted by Crippen LogP contribution is -2.41. The van der Waals surface area contributed by atoms with Gasteiger partial charge in [-0.25, -0.2) is 4.79 Å². The Kier molecular flexibility index (Phi) is 5.27. The number of benzene rings is 2. The Hall–Kier alpha value is -2.80. The third kappa shape index (κ3) is 3.57. The fourth-order valence-electron chi connectivity index (χ4n) is 2.81. The van der Waals surface area contributed by atoms with E-state index in [1.807, 2.05) is 24.3 Å². The molecule has 26 heavy (non-hydrogen) atoms. The Labute approximate surface area is 155 Å². The van der Waals surface area contributed by atoms with Gasteiger partial charge in [-0.15, -0.1) is 11.8 Å². The first-order chi connectivity index (χ1) is 12.5. The summed E-state index contributed by atoms with van der Waals surface area (Å²) in [7, 11) is 1.29. The maximum Gasteiger partial charge on any atom is 0.340 e. The Morgan fingerprint density at radius 2 is 1.96 bits per heavy atom. The van der Waals surface area contributed by atoms with Crippen molar-refractivity contribution in [2.24, 2.45) is 0 Å². The number of aryl methyl sites for hydroxylation is 1. The van der Waals surface area contributed by atoms with E-state index >= 15 is 0 Å². The van der Waals surface area contributed by atoms with E-state index in [1.165, 1.54) is 23.8 Å². The molecule has 1 aliphatic rings. The Morgan fingerprint density at radius 1 is 1.19 bits per heavy atom. The highest BCUT2D eigenvalue weighted by Crippen LogP contribution is 2.34. The highest BCUT2D eigenvalue weighted by molar-refractivity contribution is 8.00. The van der Waals surface area contributed by atoms with Gasteiger partial charge in [0.1, 0.15) is 6.54 Å². The average Bonchev–Trinajstić information content (AvgIpc) is 2.63. The molecular weight excluding hydrogens is 352 g/mol. The lowest BCUT2D eigenvalue weighted by Gasteiger charge is -2.28. The van der Waals surface area contributed by atoms with E-state index in [0.717, 1.165) is 10.6 Å². The van der Waals surface area contributed by atoms with Crippen molar-refractivity contribution in [2.75, 3.05) is 29.6 Å². The second-order valence-electron chi connectivity index (χ2n) is 5.77. The SMILES string of the molecule is COC(=O)c1c(C)cccc1NC(=O)CN1C(=O)CSc2ccccc21. The van der Waals surface area contributed by atoms with Crippen molar-refractivity contribution in [3.8, 4) is 0 Å². The molecule has 0 fully saturated rings. The Balaban J connectivity index is 1.82. The third-order valence-electron chi connectivity index (χ3n) is 4.05. The van der Waals surface area contributed by atoms with E-state index in [9.17, 15) is 14.4 Å². The number of para-hydroxylation sites is 1. The van der Waals surface area contributed by atoms with Gasteiger partial charge in [-0.1, -0.05) is 24.3 Å². The molecule has 1 N–H and O–H groups in total. The number of fused-ring (bicyclic) bond motifs is 1. The zero-order valence-electron chi connectivity index (χ0n) is 14.4. The van der Waals surface area contributed by atoms with Gasteiger partial charge in [-0.2, -0.15) is 0 Å². The minimum absolute atomic E-state index is 0.120. The van der Waals surface area contributed by atoms with Crippen LogP contribution in [0.15, 0.2) is 47.4 Å². The van der Waals surface area contributed by atoms with Crippen LogP contribution in [0.4, 0.5) is 11.4 Å². The second kappa shape index (κ2) is 7.61. The molecule has 0 bridgehead atoms. The van der Waals surface area contributed by atoms with Gasteiger partial charge in [0.2, 0.25) is 11.8 Å². The van der Waals surface area contributed by atoms with Crippen LogP contribution >= 0.6 is 11.8 Å². The number of esters is 1. The molecule has 0 aliphatic carbocycles. The minimum Gasteiger partial charge on any atom is -0.465 e. The summed E-state index contributed by atoms with van der Waals surface area (Å²) in [5, 5.41) is 2.72. The first-order valence-corrected chi connectivity index (χ1v) is 9.00. The van der Waals surface area contributed by atoms with Gasteiger partial charge in [0.05, 0.1) is 29.8 Å². The lowest BCUT2D eigenvalue weighted by atomic mass is 10.1. The molecule has 0 atom stereocenters. The van der Waals surface area contributed by atoms with E-state index in [2.05, 4.69) is 5.32 Å². The van der Waals surface area contributed by atoms with Crippen LogP contribution < -0.4 is 10.2 Å². The van der Waals surface area contributed by atoms with E-state index < -0.39 is 5.97 Å². The van der Waals surface area contributed by atoms with Crippen molar-refractivity contribution in [1.82, 2.24) is 0 Å². The van der Waals surface area contributed by atoms with Crippen LogP contribution in [-0.2, 0) is 14.3 Å². The molecule has 2 aromatic rings. The van der Waals surface area contributed by atoms with Gasteiger partial charge >= 0.3 is 5.97 Å². The molecule has 0 spiro atoms. The second-order valence-corrected chi connectivity index (χ2v) is 6.79. The molecular formula is C19H18N2O4S. The summed E-state index contributed by atoms with van der Waals surface area (Å²) in [6.07, 6.45) is 0. The van der Waals surface area contributed by atoms with Gasteiger partial charge in [0.15, 0.2) is 0 Å². The van der Waals surface area contributed by atoms with Gasteiger partial charge in [0, 0.05) is 4.90 Å². The van der Waals surface area contributed by atoms with Gasteiger partial charge in [-0.3, -0.25) is 9.59 Å². The van der Waals surface area contributed by atoms with Crippen molar-refractivity contribution in [2.45, 2.75) is 11.8 Å². The molecule has 2 aromatic carbocycles. The molecule has 2 amide bonds. The van der Waals surface area contributed by atoms with Crippen LogP contribution in [0.3, 0.4) is 0 Å². The molecule has 0 unspecified atom stereocenters. The zero-order valence-corrected chi connectivity index (χ0v) is 15.3. The smallest absolute Gasteiger partial charge is 0.340 e. The van der Waals surface area contributed by atoms with Crippen LogP contribution in [0.1, 0.15) is 15.9 Å². The summed E-state index contributed by atoms with van der Waals surface area (Å²) in [5.74, 6) is -0.728. The molecule has 6 nitrogen and oxygen atoms in total. The largest absolute Gasteiger partial charge is 0.465 e. The number of methoxy groups -OCH3 is 1. The fourth-order valence-corrected chi connectivity index (χ4v) is 3.74. The predicted octanol–water partition coefficient (Wildman–Crippen LogP) is 2.86. The van der Waals surface area contributed by atoms with Gasteiger partial charge in [-0.05, 0) is 30.7 Å². The lowest BCUT2D eigenvalue weighted by molar-refractivity contribution is -0.120. The monoisotopic (exact) mass is 370 g/mol. The van der Waals surface area contributed by atoms with Crippen LogP contribution in [0.2, 0.25) is 0 Å². The molecule has 1 aliphatic heterocycles. The van der Waals surface area contributed by atoms with E-state index in [-0.39, 0.29) is 18.4 Å². The summed E-state index contributed by atoms with van der Waals surface area (Å²) >= 11 is 1.46. The molecule has 0 radical (unpaired) electrons. The van der Waals surface area contributed by atoms with Crippen molar-refractivity contribution in [3.63, 3.8) is 0 Å². The average molecular weight is 370 g/mol. The number of rotatable bonds is 4. The quantitative estimate of drug-likeness (QED) is 0.838. The van der Waals surface area contributed by atoms with Crippen molar-refractivity contribution < 1.29 is 19.1 Å². The van der Waals surface area contributed by atoms with Crippen LogP contribution in [-0.4, -0.2) is 37.2 Å². The number of amides is 2. The summed E-state index contributed by atoms with van der Waals surface area (Å²) in [6.45, 7) is 1.65. The number of carbonyl (C=O) groups excluding carboxylic acids is 3. The summed E-state index contributed by atoms with van der Waals surface area (Å²) in [4.78, 5) is 39.3. The number of carbonyl (C=O) groups is 3. The first-order valence-electron chi connectivity index (χ1n) is 8.01. The molecule has 134 valence electrons.